The lowest BCUT2D eigenvalue weighted by molar-refractivity contribution is 0.0696. The SMILES string of the molecule is C=CCOC(=O)Nc1cc(C(=O)O)cc(O)c1Cl. The Morgan fingerprint density at radius 3 is 2.72 bits per heavy atom. The average Bonchev–Trinajstić information content (AvgIpc) is 2.31. The molecular formula is C11H10ClNO5. The summed E-state index contributed by atoms with van der Waals surface area (Å²) < 4.78 is 4.63. The maximum absolute atomic E-state index is 11.2. The summed E-state index contributed by atoms with van der Waals surface area (Å²) in [6.07, 6.45) is 0.533. The Kier molecular flexibility index (Phi) is 4.56. The summed E-state index contributed by atoms with van der Waals surface area (Å²) in [5, 5.41) is 20.3. The highest BCUT2D eigenvalue weighted by Crippen LogP contribution is 2.32. The van der Waals surface area contributed by atoms with Crippen LogP contribution in [0.1, 0.15) is 10.4 Å². The number of phenolic OH excluding ortho intramolecular Hbond substituents is 1. The molecule has 0 heterocycles. The van der Waals surface area contributed by atoms with Crippen molar-refractivity contribution in [1.82, 2.24) is 0 Å². The van der Waals surface area contributed by atoms with E-state index in [0.29, 0.717) is 0 Å². The number of hydrogen-bond donors (Lipinski definition) is 3. The van der Waals surface area contributed by atoms with E-state index in [1.165, 1.54) is 6.08 Å². The Bertz CT molecular complexity index is 500. The topological polar surface area (TPSA) is 95.9 Å². The number of amides is 1. The Balaban J connectivity index is 2.97. The Morgan fingerprint density at radius 2 is 2.17 bits per heavy atom. The summed E-state index contributed by atoms with van der Waals surface area (Å²) in [5.74, 6) is -1.71. The molecule has 0 spiro atoms. The number of benzene rings is 1. The van der Waals surface area contributed by atoms with Crippen molar-refractivity contribution in [3.63, 3.8) is 0 Å². The van der Waals surface area contributed by atoms with Crippen LogP contribution in [0.4, 0.5) is 10.5 Å². The molecule has 1 amide bonds. The van der Waals surface area contributed by atoms with Crippen LogP contribution < -0.4 is 5.32 Å². The third kappa shape index (κ3) is 3.39. The third-order valence-electron chi connectivity index (χ3n) is 1.87. The van der Waals surface area contributed by atoms with Crippen molar-refractivity contribution < 1.29 is 24.5 Å². The highest BCUT2D eigenvalue weighted by molar-refractivity contribution is 6.35. The van der Waals surface area contributed by atoms with Crippen molar-refractivity contribution in [3.8, 4) is 5.75 Å². The maximum Gasteiger partial charge on any atom is 0.411 e. The van der Waals surface area contributed by atoms with Crippen molar-refractivity contribution in [1.29, 1.82) is 0 Å². The predicted octanol–water partition coefficient (Wildman–Crippen LogP) is 2.48. The van der Waals surface area contributed by atoms with E-state index < -0.39 is 17.8 Å². The second-order valence-electron chi connectivity index (χ2n) is 3.17. The first kappa shape index (κ1) is 13.9. The molecule has 96 valence electrons. The van der Waals surface area contributed by atoms with Gasteiger partial charge in [-0.1, -0.05) is 24.3 Å². The molecule has 1 rings (SSSR count). The number of carbonyl (C=O) groups is 2. The van der Waals surface area contributed by atoms with Crippen LogP contribution in [0.2, 0.25) is 5.02 Å². The van der Waals surface area contributed by atoms with Gasteiger partial charge in [-0.05, 0) is 12.1 Å². The van der Waals surface area contributed by atoms with Gasteiger partial charge in [-0.15, -0.1) is 0 Å². The predicted molar refractivity (Wildman–Crippen MR) is 65.2 cm³/mol. The minimum absolute atomic E-state index is 0.00590. The van der Waals surface area contributed by atoms with Gasteiger partial charge >= 0.3 is 12.1 Å². The van der Waals surface area contributed by atoms with Gasteiger partial charge in [0.05, 0.1) is 11.3 Å². The Morgan fingerprint density at radius 1 is 1.50 bits per heavy atom. The number of carbonyl (C=O) groups excluding carboxylic acids is 1. The van der Waals surface area contributed by atoms with Gasteiger partial charge in [-0.2, -0.15) is 0 Å². The van der Waals surface area contributed by atoms with Crippen LogP contribution >= 0.6 is 11.6 Å². The molecule has 1 aromatic carbocycles. The molecule has 0 saturated carbocycles. The molecule has 18 heavy (non-hydrogen) atoms. The van der Waals surface area contributed by atoms with Gasteiger partial charge in [0.15, 0.2) is 0 Å². The first-order valence-corrected chi connectivity index (χ1v) is 5.14. The van der Waals surface area contributed by atoms with Crippen molar-refractivity contribution >= 4 is 29.4 Å². The van der Waals surface area contributed by atoms with Gasteiger partial charge in [-0.3, -0.25) is 5.32 Å². The molecule has 0 bridgehead atoms. The molecule has 0 saturated heterocycles. The number of carboxylic acids is 1. The summed E-state index contributed by atoms with van der Waals surface area (Å²) in [7, 11) is 0. The van der Waals surface area contributed by atoms with Crippen molar-refractivity contribution in [3.05, 3.63) is 35.4 Å². The zero-order valence-corrected chi connectivity index (χ0v) is 9.90. The number of rotatable bonds is 4. The number of aromatic carboxylic acids is 1. The fourth-order valence-electron chi connectivity index (χ4n) is 1.10. The van der Waals surface area contributed by atoms with E-state index in [-0.39, 0.29) is 22.9 Å². The van der Waals surface area contributed by atoms with Crippen LogP contribution in [0.5, 0.6) is 5.75 Å². The first-order chi connectivity index (χ1) is 8.45. The quantitative estimate of drug-likeness (QED) is 0.731. The van der Waals surface area contributed by atoms with E-state index in [2.05, 4.69) is 16.6 Å². The molecule has 0 aliphatic heterocycles. The summed E-state index contributed by atoms with van der Waals surface area (Å²) >= 11 is 5.71. The molecule has 3 N–H and O–H groups in total. The van der Waals surface area contributed by atoms with Gasteiger partial charge in [0.2, 0.25) is 0 Å². The smallest absolute Gasteiger partial charge is 0.411 e. The number of ether oxygens (including phenoxy) is 1. The molecule has 7 heteroatoms. The number of aromatic hydroxyl groups is 1. The summed E-state index contributed by atoms with van der Waals surface area (Å²) in [6.45, 7) is 3.35. The molecule has 0 aliphatic carbocycles. The average molecular weight is 272 g/mol. The zero-order chi connectivity index (χ0) is 13.7. The molecule has 0 aromatic heterocycles. The third-order valence-corrected chi connectivity index (χ3v) is 2.27. The molecule has 1 aromatic rings. The van der Waals surface area contributed by atoms with Crippen molar-refractivity contribution in [2.45, 2.75) is 0 Å². The van der Waals surface area contributed by atoms with Crippen LogP contribution in [0.3, 0.4) is 0 Å². The van der Waals surface area contributed by atoms with Gasteiger partial charge in [0.25, 0.3) is 0 Å². The van der Waals surface area contributed by atoms with E-state index in [0.717, 1.165) is 12.1 Å². The molecular weight excluding hydrogens is 262 g/mol. The van der Waals surface area contributed by atoms with E-state index in [1.54, 1.807) is 0 Å². The molecule has 0 fully saturated rings. The second-order valence-corrected chi connectivity index (χ2v) is 3.55. The largest absolute Gasteiger partial charge is 0.506 e. The lowest BCUT2D eigenvalue weighted by Gasteiger charge is -2.09. The fraction of sp³-hybridized carbons (Fsp3) is 0.0909. The first-order valence-electron chi connectivity index (χ1n) is 4.76. The summed E-state index contributed by atoms with van der Waals surface area (Å²) in [4.78, 5) is 22.0. The van der Waals surface area contributed by atoms with Crippen LogP contribution in [-0.4, -0.2) is 28.9 Å². The number of phenols is 1. The summed E-state index contributed by atoms with van der Waals surface area (Å²) in [6, 6.07) is 2.09. The van der Waals surface area contributed by atoms with Crippen LogP contribution in [-0.2, 0) is 4.74 Å². The Labute approximate surface area is 107 Å². The monoisotopic (exact) mass is 271 g/mol. The molecule has 0 atom stereocenters. The number of hydrogen-bond acceptors (Lipinski definition) is 4. The number of nitrogens with one attached hydrogen (secondary N) is 1. The van der Waals surface area contributed by atoms with Gasteiger partial charge in [0, 0.05) is 0 Å². The fourth-order valence-corrected chi connectivity index (χ4v) is 1.26. The Hall–Kier alpha value is -2.21. The lowest BCUT2D eigenvalue weighted by atomic mass is 10.2. The van der Waals surface area contributed by atoms with Gasteiger partial charge in [-0.25, -0.2) is 9.59 Å². The normalized spacial score (nSPS) is 9.61. The standard InChI is InChI=1S/C11H10ClNO5/c1-2-3-18-11(17)13-7-4-6(10(15)16)5-8(14)9(7)12/h2,4-5,14H,1,3H2,(H,13,17)(H,15,16). The second kappa shape index (κ2) is 5.92. The highest BCUT2D eigenvalue weighted by atomic mass is 35.5. The number of carboxylic acid groups (broad SMARTS) is 1. The van der Waals surface area contributed by atoms with E-state index in [4.69, 9.17) is 16.7 Å². The van der Waals surface area contributed by atoms with E-state index in [9.17, 15) is 14.7 Å². The van der Waals surface area contributed by atoms with Crippen LogP contribution in [0, 0.1) is 0 Å². The minimum Gasteiger partial charge on any atom is -0.506 e. The van der Waals surface area contributed by atoms with E-state index >= 15 is 0 Å². The van der Waals surface area contributed by atoms with Crippen molar-refractivity contribution in [2.75, 3.05) is 11.9 Å². The van der Waals surface area contributed by atoms with Crippen LogP contribution in [0.25, 0.3) is 0 Å². The summed E-state index contributed by atoms with van der Waals surface area (Å²) in [5.41, 5.74) is -0.265. The minimum atomic E-state index is -1.26. The molecule has 6 nitrogen and oxygen atoms in total. The van der Waals surface area contributed by atoms with Crippen molar-refractivity contribution in [2.24, 2.45) is 0 Å². The molecule has 0 radical (unpaired) electrons. The van der Waals surface area contributed by atoms with Crippen LogP contribution in [0.15, 0.2) is 24.8 Å². The maximum atomic E-state index is 11.2. The molecule has 0 aliphatic rings. The number of anilines is 1. The lowest BCUT2D eigenvalue weighted by Crippen LogP contribution is -2.14. The van der Waals surface area contributed by atoms with E-state index in [1.807, 2.05) is 0 Å². The van der Waals surface area contributed by atoms with Gasteiger partial charge in [0.1, 0.15) is 17.4 Å². The highest BCUT2D eigenvalue weighted by Gasteiger charge is 2.14. The van der Waals surface area contributed by atoms with Gasteiger partial charge < -0.3 is 14.9 Å². The molecule has 0 unspecified atom stereocenters. The number of halogens is 1. The zero-order valence-electron chi connectivity index (χ0n) is 9.14.